The van der Waals surface area contributed by atoms with Crippen molar-refractivity contribution in [2.45, 2.75) is 25.3 Å². The van der Waals surface area contributed by atoms with Gasteiger partial charge >= 0.3 is 0 Å². The third-order valence-corrected chi connectivity index (χ3v) is 4.37. The topological polar surface area (TPSA) is 35.5 Å². The van der Waals surface area contributed by atoms with Gasteiger partial charge in [0.1, 0.15) is 0 Å². The van der Waals surface area contributed by atoms with Crippen molar-refractivity contribution in [3.05, 3.63) is 30.3 Å². The summed E-state index contributed by atoms with van der Waals surface area (Å²) >= 11 is 0. The van der Waals surface area contributed by atoms with Crippen molar-refractivity contribution in [1.82, 2.24) is 5.32 Å². The first kappa shape index (κ1) is 12.0. The van der Waals surface area contributed by atoms with Crippen molar-refractivity contribution in [2.75, 3.05) is 31.1 Å². The van der Waals surface area contributed by atoms with Crippen molar-refractivity contribution < 1.29 is 5.11 Å². The van der Waals surface area contributed by atoms with E-state index in [-0.39, 0.29) is 5.41 Å². The summed E-state index contributed by atoms with van der Waals surface area (Å²) in [6, 6.07) is 11.2. The van der Waals surface area contributed by atoms with Gasteiger partial charge in [0, 0.05) is 43.4 Å². The van der Waals surface area contributed by atoms with E-state index >= 15 is 0 Å². The molecule has 3 heteroatoms. The van der Waals surface area contributed by atoms with Crippen LogP contribution in [0.4, 0.5) is 5.69 Å². The van der Waals surface area contributed by atoms with Crippen LogP contribution in [0.1, 0.15) is 19.3 Å². The quantitative estimate of drug-likeness (QED) is 0.829. The molecule has 0 bridgehead atoms. The molecule has 0 amide bonds. The normalized spacial score (nSPS) is 25.4. The highest BCUT2D eigenvalue weighted by atomic mass is 16.3. The molecule has 2 fully saturated rings. The average molecular weight is 246 g/mol. The first-order chi connectivity index (χ1) is 8.81. The third kappa shape index (κ3) is 2.52. The Labute approximate surface area is 109 Å². The zero-order valence-corrected chi connectivity index (χ0v) is 10.8. The first-order valence-electron chi connectivity index (χ1n) is 6.96. The lowest BCUT2D eigenvalue weighted by Gasteiger charge is -2.20. The molecule has 1 aliphatic heterocycles. The van der Waals surface area contributed by atoms with Gasteiger partial charge in [-0.2, -0.15) is 0 Å². The van der Waals surface area contributed by atoms with E-state index in [2.05, 4.69) is 40.5 Å². The lowest BCUT2D eigenvalue weighted by Crippen LogP contribution is -2.37. The third-order valence-electron chi connectivity index (χ3n) is 4.37. The molecule has 2 aliphatic rings. The van der Waals surface area contributed by atoms with Gasteiger partial charge in [-0.3, -0.25) is 0 Å². The van der Waals surface area contributed by atoms with Crippen molar-refractivity contribution in [2.24, 2.45) is 5.41 Å². The van der Waals surface area contributed by atoms with Crippen LogP contribution in [0.15, 0.2) is 30.3 Å². The Kier molecular flexibility index (Phi) is 3.27. The number of nitrogens with one attached hydrogen (secondary N) is 1. The van der Waals surface area contributed by atoms with Gasteiger partial charge in [0.2, 0.25) is 0 Å². The highest BCUT2D eigenvalue weighted by molar-refractivity contribution is 5.47. The summed E-state index contributed by atoms with van der Waals surface area (Å²) in [7, 11) is 0. The van der Waals surface area contributed by atoms with Gasteiger partial charge < -0.3 is 15.3 Å². The summed E-state index contributed by atoms with van der Waals surface area (Å²) in [6.45, 7) is 3.55. The number of hydrogen-bond acceptors (Lipinski definition) is 3. The minimum Gasteiger partial charge on any atom is -0.396 e. The number of nitrogens with zero attached hydrogens (tertiary/aromatic N) is 1. The van der Waals surface area contributed by atoms with Crippen molar-refractivity contribution in [3.8, 4) is 0 Å². The lowest BCUT2D eigenvalue weighted by atomic mass is 10.1. The van der Waals surface area contributed by atoms with Gasteiger partial charge in [-0.25, -0.2) is 0 Å². The number of rotatable bonds is 5. The molecule has 1 heterocycles. The summed E-state index contributed by atoms with van der Waals surface area (Å²) in [5.74, 6) is 0. The molecule has 1 atom stereocenters. The summed E-state index contributed by atoms with van der Waals surface area (Å²) < 4.78 is 0. The minimum atomic E-state index is 0.222. The molecular weight excluding hydrogens is 224 g/mol. The number of para-hydroxylation sites is 1. The molecule has 1 saturated carbocycles. The number of aliphatic hydroxyl groups excluding tert-OH is 1. The maximum atomic E-state index is 9.31. The monoisotopic (exact) mass is 246 g/mol. The predicted molar refractivity (Wildman–Crippen MR) is 73.8 cm³/mol. The Morgan fingerprint density at radius 2 is 2.06 bits per heavy atom. The number of anilines is 1. The average Bonchev–Trinajstić information content (AvgIpc) is 3.07. The van der Waals surface area contributed by atoms with Crippen LogP contribution < -0.4 is 10.2 Å². The van der Waals surface area contributed by atoms with Crippen molar-refractivity contribution in [1.29, 1.82) is 0 Å². The second-order valence-electron chi connectivity index (χ2n) is 5.81. The summed E-state index contributed by atoms with van der Waals surface area (Å²) in [5, 5.41) is 12.9. The Morgan fingerprint density at radius 1 is 1.28 bits per heavy atom. The van der Waals surface area contributed by atoms with Crippen LogP contribution in [0.5, 0.6) is 0 Å². The molecule has 18 heavy (non-hydrogen) atoms. The molecule has 1 aliphatic carbocycles. The maximum absolute atomic E-state index is 9.31. The molecular formula is C15H22N2O. The van der Waals surface area contributed by atoms with E-state index in [1.807, 2.05) is 0 Å². The van der Waals surface area contributed by atoms with Crippen LogP contribution in [0.25, 0.3) is 0 Å². The SMILES string of the molecule is OCC1(CN[C@H]2CCN(c3ccccc3)C2)CC1. The van der Waals surface area contributed by atoms with E-state index in [0.717, 1.165) is 19.6 Å². The van der Waals surface area contributed by atoms with Gasteiger partial charge in [-0.15, -0.1) is 0 Å². The van der Waals surface area contributed by atoms with Gasteiger partial charge in [-0.1, -0.05) is 18.2 Å². The van der Waals surface area contributed by atoms with Gasteiger partial charge in [0.25, 0.3) is 0 Å². The Hall–Kier alpha value is -1.06. The molecule has 0 aromatic heterocycles. The van der Waals surface area contributed by atoms with E-state index < -0.39 is 0 Å². The largest absolute Gasteiger partial charge is 0.396 e. The van der Waals surface area contributed by atoms with E-state index in [9.17, 15) is 5.11 Å². The van der Waals surface area contributed by atoms with Crippen LogP contribution in [-0.4, -0.2) is 37.4 Å². The fourth-order valence-corrected chi connectivity index (χ4v) is 2.73. The Bertz CT molecular complexity index is 389. The molecule has 1 saturated heterocycles. The van der Waals surface area contributed by atoms with E-state index in [4.69, 9.17) is 0 Å². The fraction of sp³-hybridized carbons (Fsp3) is 0.600. The second-order valence-corrected chi connectivity index (χ2v) is 5.81. The molecule has 98 valence electrons. The van der Waals surface area contributed by atoms with Crippen molar-refractivity contribution >= 4 is 5.69 Å². The molecule has 3 rings (SSSR count). The minimum absolute atomic E-state index is 0.222. The predicted octanol–water partition coefficient (Wildman–Crippen LogP) is 1.63. The van der Waals surface area contributed by atoms with E-state index in [1.54, 1.807) is 0 Å². The number of aliphatic hydroxyl groups is 1. The van der Waals surface area contributed by atoms with Gasteiger partial charge in [-0.05, 0) is 31.4 Å². The fourth-order valence-electron chi connectivity index (χ4n) is 2.73. The van der Waals surface area contributed by atoms with E-state index in [0.29, 0.717) is 12.6 Å². The molecule has 1 aromatic rings. The highest BCUT2D eigenvalue weighted by Gasteiger charge is 2.42. The van der Waals surface area contributed by atoms with Gasteiger partial charge in [0.05, 0.1) is 0 Å². The van der Waals surface area contributed by atoms with Crippen LogP contribution in [0.2, 0.25) is 0 Å². The number of benzene rings is 1. The Morgan fingerprint density at radius 3 is 2.72 bits per heavy atom. The van der Waals surface area contributed by atoms with Crippen molar-refractivity contribution in [3.63, 3.8) is 0 Å². The summed E-state index contributed by atoms with van der Waals surface area (Å²) in [5.41, 5.74) is 1.55. The maximum Gasteiger partial charge on any atom is 0.0499 e. The second kappa shape index (κ2) is 4.90. The van der Waals surface area contributed by atoms with E-state index in [1.165, 1.54) is 24.9 Å². The summed E-state index contributed by atoms with van der Waals surface area (Å²) in [6.07, 6.45) is 3.58. The Balaban J connectivity index is 1.50. The molecule has 0 radical (unpaired) electrons. The van der Waals surface area contributed by atoms with Crippen LogP contribution in [-0.2, 0) is 0 Å². The van der Waals surface area contributed by atoms with Crippen LogP contribution in [0.3, 0.4) is 0 Å². The van der Waals surface area contributed by atoms with Gasteiger partial charge in [0.15, 0.2) is 0 Å². The molecule has 2 N–H and O–H groups in total. The molecule has 3 nitrogen and oxygen atoms in total. The smallest absolute Gasteiger partial charge is 0.0499 e. The van der Waals surface area contributed by atoms with Crippen LogP contribution >= 0.6 is 0 Å². The zero-order chi connectivity index (χ0) is 12.4. The highest BCUT2D eigenvalue weighted by Crippen LogP contribution is 2.44. The summed E-state index contributed by atoms with van der Waals surface area (Å²) in [4.78, 5) is 2.44. The molecule has 1 aromatic carbocycles. The standard InChI is InChI=1S/C15H22N2O/c18-12-15(7-8-15)11-16-13-6-9-17(10-13)14-4-2-1-3-5-14/h1-5,13,16,18H,6-12H2/t13-/m0/s1. The number of hydrogen-bond donors (Lipinski definition) is 2. The zero-order valence-electron chi connectivity index (χ0n) is 10.8. The first-order valence-corrected chi connectivity index (χ1v) is 6.96. The lowest BCUT2D eigenvalue weighted by molar-refractivity contribution is 0.204. The molecule has 0 unspecified atom stereocenters. The molecule has 0 spiro atoms. The van der Waals surface area contributed by atoms with Crippen LogP contribution in [0, 0.1) is 5.41 Å².